The zero-order chi connectivity index (χ0) is 16.1. The molecule has 0 saturated heterocycles. The van der Waals surface area contributed by atoms with Crippen LogP contribution >= 0.6 is 11.3 Å². The maximum Gasteiger partial charge on any atom is 0.265 e. The minimum atomic E-state index is -0.284. The molecule has 7 heteroatoms. The summed E-state index contributed by atoms with van der Waals surface area (Å²) < 4.78 is 10.4. The molecule has 0 fully saturated rings. The van der Waals surface area contributed by atoms with Crippen molar-refractivity contribution in [2.24, 2.45) is 0 Å². The number of benzene rings is 1. The maximum absolute atomic E-state index is 12.3. The quantitative estimate of drug-likeness (QED) is 0.888. The van der Waals surface area contributed by atoms with Gasteiger partial charge in [0.15, 0.2) is 0 Å². The summed E-state index contributed by atoms with van der Waals surface area (Å²) in [6.45, 7) is 1.42. The number of anilines is 2. The highest BCUT2D eigenvalue weighted by Crippen LogP contribution is 2.30. The SMILES string of the molecule is COc1ccc(OC)c(NC(=O)c2ccc(NC(C)=O)s2)c1. The second-order valence-corrected chi connectivity index (χ2v) is 5.45. The molecule has 0 bridgehead atoms. The van der Waals surface area contributed by atoms with Gasteiger partial charge in [0.1, 0.15) is 11.5 Å². The first-order valence-electron chi connectivity index (χ1n) is 6.44. The van der Waals surface area contributed by atoms with Crippen LogP contribution in [0.1, 0.15) is 16.6 Å². The minimum absolute atomic E-state index is 0.178. The van der Waals surface area contributed by atoms with Crippen LogP contribution in [0.15, 0.2) is 30.3 Å². The van der Waals surface area contributed by atoms with E-state index in [1.54, 1.807) is 37.4 Å². The summed E-state index contributed by atoms with van der Waals surface area (Å²) in [5, 5.41) is 6.03. The molecule has 2 rings (SSSR count). The highest BCUT2D eigenvalue weighted by Gasteiger charge is 2.13. The first-order chi connectivity index (χ1) is 10.5. The number of nitrogens with one attached hydrogen (secondary N) is 2. The van der Waals surface area contributed by atoms with Gasteiger partial charge in [-0.1, -0.05) is 0 Å². The van der Waals surface area contributed by atoms with E-state index in [-0.39, 0.29) is 11.8 Å². The summed E-state index contributed by atoms with van der Waals surface area (Å²) in [6, 6.07) is 8.47. The Morgan fingerprint density at radius 3 is 2.45 bits per heavy atom. The number of thiophene rings is 1. The Morgan fingerprint density at radius 1 is 1.05 bits per heavy atom. The molecular weight excluding hydrogens is 304 g/mol. The van der Waals surface area contributed by atoms with E-state index in [1.807, 2.05) is 0 Å². The summed E-state index contributed by atoms with van der Waals surface area (Å²) in [5.41, 5.74) is 0.515. The van der Waals surface area contributed by atoms with Crippen molar-refractivity contribution < 1.29 is 19.1 Å². The van der Waals surface area contributed by atoms with E-state index in [9.17, 15) is 9.59 Å². The monoisotopic (exact) mass is 320 g/mol. The van der Waals surface area contributed by atoms with Crippen LogP contribution < -0.4 is 20.1 Å². The molecule has 22 heavy (non-hydrogen) atoms. The second kappa shape index (κ2) is 6.95. The van der Waals surface area contributed by atoms with E-state index < -0.39 is 0 Å². The van der Waals surface area contributed by atoms with Crippen LogP contribution in [-0.2, 0) is 4.79 Å². The number of carbonyl (C=O) groups excluding carboxylic acids is 2. The van der Waals surface area contributed by atoms with Crippen LogP contribution in [0.25, 0.3) is 0 Å². The van der Waals surface area contributed by atoms with E-state index in [0.717, 1.165) is 0 Å². The first-order valence-corrected chi connectivity index (χ1v) is 7.26. The molecule has 6 nitrogen and oxygen atoms in total. The average Bonchev–Trinajstić information content (AvgIpc) is 2.94. The molecule has 0 atom stereocenters. The Bertz CT molecular complexity index is 697. The molecule has 0 saturated carbocycles. The summed E-state index contributed by atoms with van der Waals surface area (Å²) >= 11 is 1.20. The molecule has 0 aliphatic rings. The Labute approximate surface area is 132 Å². The summed E-state index contributed by atoms with van der Waals surface area (Å²) in [4.78, 5) is 23.8. The Kier molecular flexibility index (Phi) is 5.00. The fraction of sp³-hybridized carbons (Fsp3) is 0.200. The predicted molar refractivity (Wildman–Crippen MR) is 86.1 cm³/mol. The van der Waals surface area contributed by atoms with E-state index >= 15 is 0 Å². The van der Waals surface area contributed by atoms with Crippen molar-refractivity contribution in [2.75, 3.05) is 24.9 Å². The zero-order valence-electron chi connectivity index (χ0n) is 12.4. The lowest BCUT2D eigenvalue weighted by Gasteiger charge is -2.11. The Hall–Kier alpha value is -2.54. The van der Waals surface area contributed by atoms with Crippen molar-refractivity contribution in [1.82, 2.24) is 0 Å². The number of rotatable bonds is 5. The van der Waals surface area contributed by atoms with Crippen LogP contribution in [-0.4, -0.2) is 26.0 Å². The predicted octanol–water partition coefficient (Wildman–Crippen LogP) is 2.98. The molecule has 2 N–H and O–H groups in total. The van der Waals surface area contributed by atoms with Gasteiger partial charge in [-0.2, -0.15) is 0 Å². The summed E-state index contributed by atoms with van der Waals surface area (Å²) in [7, 11) is 3.07. The van der Waals surface area contributed by atoms with Gasteiger partial charge in [0.05, 0.1) is 29.8 Å². The van der Waals surface area contributed by atoms with Gasteiger partial charge in [-0.25, -0.2) is 0 Å². The van der Waals surface area contributed by atoms with Gasteiger partial charge in [0.2, 0.25) is 5.91 Å². The van der Waals surface area contributed by atoms with Crippen molar-refractivity contribution in [3.05, 3.63) is 35.2 Å². The average molecular weight is 320 g/mol. The molecule has 1 heterocycles. The molecule has 0 radical (unpaired) electrons. The number of hydrogen-bond acceptors (Lipinski definition) is 5. The van der Waals surface area contributed by atoms with Crippen LogP contribution in [0, 0.1) is 0 Å². The van der Waals surface area contributed by atoms with Crippen LogP contribution in [0.2, 0.25) is 0 Å². The number of ether oxygens (including phenoxy) is 2. The largest absolute Gasteiger partial charge is 0.497 e. The van der Waals surface area contributed by atoms with Crippen molar-refractivity contribution in [3.8, 4) is 11.5 Å². The third-order valence-electron chi connectivity index (χ3n) is 2.78. The normalized spacial score (nSPS) is 9.95. The molecule has 0 unspecified atom stereocenters. The summed E-state index contributed by atoms with van der Waals surface area (Å²) in [6.07, 6.45) is 0. The lowest BCUT2D eigenvalue weighted by Crippen LogP contribution is -2.11. The summed E-state index contributed by atoms with van der Waals surface area (Å²) in [5.74, 6) is 0.686. The molecule has 0 spiro atoms. The van der Waals surface area contributed by atoms with Crippen molar-refractivity contribution in [2.45, 2.75) is 6.92 Å². The van der Waals surface area contributed by atoms with Crippen LogP contribution in [0.3, 0.4) is 0 Å². The third-order valence-corrected chi connectivity index (χ3v) is 3.78. The highest BCUT2D eigenvalue weighted by molar-refractivity contribution is 7.18. The minimum Gasteiger partial charge on any atom is -0.497 e. The van der Waals surface area contributed by atoms with E-state index in [2.05, 4.69) is 10.6 Å². The van der Waals surface area contributed by atoms with Gasteiger partial charge in [0, 0.05) is 13.0 Å². The van der Waals surface area contributed by atoms with E-state index in [0.29, 0.717) is 27.1 Å². The number of carbonyl (C=O) groups is 2. The standard InChI is InChI=1S/C15H16N2O4S/c1-9(18)16-14-7-6-13(22-14)15(19)17-11-8-10(20-2)4-5-12(11)21-3/h4-8H,1-3H3,(H,16,18)(H,17,19). The fourth-order valence-corrected chi connectivity index (χ4v) is 2.64. The molecule has 2 aromatic rings. The van der Waals surface area contributed by atoms with Gasteiger partial charge >= 0.3 is 0 Å². The van der Waals surface area contributed by atoms with Gasteiger partial charge in [-0.15, -0.1) is 11.3 Å². The van der Waals surface area contributed by atoms with Gasteiger partial charge < -0.3 is 20.1 Å². The fourth-order valence-electron chi connectivity index (χ4n) is 1.80. The number of amides is 2. The van der Waals surface area contributed by atoms with E-state index in [1.165, 1.54) is 25.4 Å². The van der Waals surface area contributed by atoms with Gasteiger partial charge in [0.25, 0.3) is 5.91 Å². The number of methoxy groups -OCH3 is 2. The molecular formula is C15H16N2O4S. The van der Waals surface area contributed by atoms with Gasteiger partial charge in [-0.05, 0) is 24.3 Å². The van der Waals surface area contributed by atoms with Crippen molar-refractivity contribution in [3.63, 3.8) is 0 Å². The lowest BCUT2D eigenvalue weighted by atomic mass is 10.2. The van der Waals surface area contributed by atoms with Crippen LogP contribution in [0.4, 0.5) is 10.7 Å². The Morgan fingerprint density at radius 2 is 1.82 bits per heavy atom. The maximum atomic E-state index is 12.3. The Balaban J connectivity index is 2.17. The zero-order valence-corrected chi connectivity index (χ0v) is 13.2. The molecule has 0 aliphatic heterocycles. The van der Waals surface area contributed by atoms with Crippen molar-refractivity contribution >= 4 is 33.8 Å². The highest BCUT2D eigenvalue weighted by atomic mass is 32.1. The molecule has 2 amide bonds. The van der Waals surface area contributed by atoms with Gasteiger partial charge in [-0.3, -0.25) is 9.59 Å². The molecule has 1 aromatic heterocycles. The molecule has 0 aliphatic carbocycles. The second-order valence-electron chi connectivity index (χ2n) is 4.37. The molecule has 1 aromatic carbocycles. The third kappa shape index (κ3) is 3.76. The van der Waals surface area contributed by atoms with Crippen LogP contribution in [0.5, 0.6) is 11.5 Å². The molecule has 116 valence electrons. The van der Waals surface area contributed by atoms with Crippen molar-refractivity contribution in [1.29, 1.82) is 0 Å². The lowest BCUT2D eigenvalue weighted by molar-refractivity contribution is -0.114. The number of hydrogen-bond donors (Lipinski definition) is 2. The van der Waals surface area contributed by atoms with E-state index in [4.69, 9.17) is 9.47 Å². The smallest absolute Gasteiger partial charge is 0.265 e. The topological polar surface area (TPSA) is 76.7 Å². The first kappa shape index (κ1) is 15.8.